The highest BCUT2D eigenvalue weighted by Gasteiger charge is 2.14. The summed E-state index contributed by atoms with van der Waals surface area (Å²) < 4.78 is 5.61. The third kappa shape index (κ3) is 6.01. The number of hydrazone groups is 1. The van der Waals surface area contributed by atoms with Crippen LogP contribution in [0.2, 0.25) is 0 Å². The zero-order valence-electron chi connectivity index (χ0n) is 18.1. The minimum Gasteiger partial charge on any atom is -0.483 e. The van der Waals surface area contributed by atoms with E-state index in [1.165, 1.54) is 30.5 Å². The van der Waals surface area contributed by atoms with Crippen LogP contribution < -0.4 is 15.5 Å². The van der Waals surface area contributed by atoms with E-state index in [0.717, 1.165) is 11.1 Å². The molecule has 3 aromatic rings. The predicted molar refractivity (Wildman–Crippen MR) is 125 cm³/mol. The number of ether oxygens (including phenoxy) is 1. The van der Waals surface area contributed by atoms with E-state index >= 15 is 0 Å². The number of amides is 2. The predicted octanol–water partition coefficient (Wildman–Crippen LogP) is 3.99. The van der Waals surface area contributed by atoms with Gasteiger partial charge in [0, 0.05) is 6.07 Å². The zero-order valence-corrected chi connectivity index (χ0v) is 18.1. The van der Waals surface area contributed by atoms with Crippen molar-refractivity contribution >= 4 is 29.4 Å². The fraction of sp³-hybridized carbons (Fsp3) is 0.125. The summed E-state index contributed by atoms with van der Waals surface area (Å²) in [5.41, 5.74) is 4.89. The van der Waals surface area contributed by atoms with Crippen molar-refractivity contribution in [3.63, 3.8) is 0 Å². The second-order valence-corrected chi connectivity index (χ2v) is 7.10. The summed E-state index contributed by atoms with van der Waals surface area (Å²) in [6, 6.07) is 18.0. The van der Waals surface area contributed by atoms with Crippen LogP contribution in [0.25, 0.3) is 0 Å². The topological polar surface area (TPSA) is 123 Å². The number of rotatable bonds is 8. The molecule has 0 aromatic heterocycles. The third-order valence-electron chi connectivity index (χ3n) is 4.86. The van der Waals surface area contributed by atoms with Gasteiger partial charge in [0.05, 0.1) is 28.0 Å². The first kappa shape index (κ1) is 23.1. The lowest BCUT2D eigenvalue weighted by Gasteiger charge is -2.12. The number of hydrogen-bond acceptors (Lipinski definition) is 6. The van der Waals surface area contributed by atoms with Gasteiger partial charge >= 0.3 is 0 Å². The van der Waals surface area contributed by atoms with Crippen LogP contribution in [0.5, 0.6) is 5.75 Å². The van der Waals surface area contributed by atoms with Gasteiger partial charge in [-0.15, -0.1) is 0 Å². The summed E-state index contributed by atoms with van der Waals surface area (Å²) in [6.07, 6.45) is 1.19. The molecule has 3 rings (SSSR count). The molecule has 0 saturated carbocycles. The minimum absolute atomic E-state index is 0.132. The molecule has 33 heavy (non-hydrogen) atoms. The molecule has 0 aliphatic carbocycles. The van der Waals surface area contributed by atoms with Gasteiger partial charge in [-0.2, -0.15) is 5.10 Å². The van der Waals surface area contributed by atoms with E-state index in [4.69, 9.17) is 4.74 Å². The molecule has 0 saturated heterocycles. The number of nitro groups is 1. The molecule has 9 nitrogen and oxygen atoms in total. The first-order chi connectivity index (χ1) is 15.9. The normalized spacial score (nSPS) is 10.6. The maximum Gasteiger partial charge on any atom is 0.278 e. The molecule has 0 heterocycles. The number of hydrogen-bond donors (Lipinski definition) is 2. The molecule has 0 fully saturated rings. The molecular formula is C24H22N4O5. The standard InChI is InChI=1S/C24H22N4O5/c1-16-8-7-13-22(17(16)2)33-15-23(29)26-20-11-5-4-10-19(20)24(30)27-25-14-18-9-3-6-12-21(18)28(31)32/h3-14H,15H2,1-2H3,(H,26,29)(H,27,30). The van der Waals surface area contributed by atoms with Gasteiger partial charge in [-0.1, -0.05) is 36.4 Å². The van der Waals surface area contributed by atoms with Crippen molar-refractivity contribution in [2.24, 2.45) is 5.10 Å². The van der Waals surface area contributed by atoms with E-state index < -0.39 is 16.7 Å². The highest BCUT2D eigenvalue weighted by Crippen LogP contribution is 2.21. The van der Waals surface area contributed by atoms with Crippen LogP contribution in [-0.4, -0.2) is 29.6 Å². The van der Waals surface area contributed by atoms with E-state index in [1.54, 1.807) is 30.3 Å². The molecule has 0 spiro atoms. The minimum atomic E-state index is -0.587. The van der Waals surface area contributed by atoms with Crippen LogP contribution in [0.1, 0.15) is 27.0 Å². The number of carbonyl (C=O) groups is 2. The van der Waals surface area contributed by atoms with Crippen LogP contribution in [0.15, 0.2) is 71.8 Å². The fourth-order valence-corrected chi connectivity index (χ4v) is 2.98. The summed E-state index contributed by atoms with van der Waals surface area (Å²) in [5.74, 6) is -0.406. The van der Waals surface area contributed by atoms with Crippen LogP contribution in [-0.2, 0) is 4.79 Å². The maximum atomic E-state index is 12.6. The number of nitro benzene ring substituents is 1. The van der Waals surface area contributed by atoms with Crippen LogP contribution in [0.4, 0.5) is 11.4 Å². The average molecular weight is 446 g/mol. The Morgan fingerprint density at radius 3 is 2.55 bits per heavy atom. The number of aryl methyl sites for hydroxylation is 1. The zero-order chi connectivity index (χ0) is 23.8. The highest BCUT2D eigenvalue weighted by molar-refractivity contribution is 6.04. The second-order valence-electron chi connectivity index (χ2n) is 7.10. The summed E-state index contributed by atoms with van der Waals surface area (Å²) >= 11 is 0. The van der Waals surface area contributed by atoms with Gasteiger partial charge in [0.15, 0.2) is 6.61 Å². The molecule has 3 aromatic carbocycles. The van der Waals surface area contributed by atoms with E-state index in [0.29, 0.717) is 5.75 Å². The van der Waals surface area contributed by atoms with Crippen LogP contribution >= 0.6 is 0 Å². The van der Waals surface area contributed by atoms with Gasteiger partial charge in [-0.3, -0.25) is 19.7 Å². The molecule has 2 N–H and O–H groups in total. The lowest BCUT2D eigenvalue weighted by atomic mass is 10.1. The second kappa shape index (κ2) is 10.7. The molecule has 0 atom stereocenters. The van der Waals surface area contributed by atoms with E-state index in [9.17, 15) is 19.7 Å². The lowest BCUT2D eigenvalue weighted by molar-refractivity contribution is -0.385. The van der Waals surface area contributed by atoms with Gasteiger partial charge in [0.25, 0.3) is 17.5 Å². The molecule has 168 valence electrons. The Balaban J connectivity index is 1.65. The molecule has 9 heteroatoms. The maximum absolute atomic E-state index is 12.6. The monoisotopic (exact) mass is 446 g/mol. The number of anilines is 1. The fourth-order valence-electron chi connectivity index (χ4n) is 2.98. The van der Waals surface area contributed by atoms with Gasteiger partial charge in [0.1, 0.15) is 5.75 Å². The lowest BCUT2D eigenvalue weighted by Crippen LogP contribution is -2.24. The number of carbonyl (C=O) groups excluding carboxylic acids is 2. The Labute approximate surface area is 190 Å². The van der Waals surface area contributed by atoms with Gasteiger partial charge in [-0.25, -0.2) is 5.43 Å². The number of nitrogens with zero attached hydrogens (tertiary/aromatic N) is 2. The Morgan fingerprint density at radius 2 is 1.76 bits per heavy atom. The first-order valence-corrected chi connectivity index (χ1v) is 10.0. The third-order valence-corrected chi connectivity index (χ3v) is 4.86. The molecule has 0 radical (unpaired) electrons. The van der Waals surface area contributed by atoms with Gasteiger partial charge in [-0.05, 0) is 49.2 Å². The first-order valence-electron chi connectivity index (χ1n) is 10.0. The Morgan fingerprint density at radius 1 is 1.03 bits per heavy atom. The summed E-state index contributed by atoms with van der Waals surface area (Å²) in [4.78, 5) is 35.5. The average Bonchev–Trinajstić information content (AvgIpc) is 2.80. The van der Waals surface area contributed by atoms with Crippen molar-refractivity contribution in [3.05, 3.63) is 99.1 Å². The van der Waals surface area contributed by atoms with Crippen molar-refractivity contribution in [2.45, 2.75) is 13.8 Å². The molecule has 2 amide bonds. The quantitative estimate of drug-likeness (QED) is 0.308. The Kier molecular flexibility index (Phi) is 7.48. The summed E-state index contributed by atoms with van der Waals surface area (Å²) in [7, 11) is 0. The highest BCUT2D eigenvalue weighted by atomic mass is 16.6. The van der Waals surface area contributed by atoms with Crippen molar-refractivity contribution < 1.29 is 19.2 Å². The molecular weight excluding hydrogens is 424 g/mol. The molecule has 0 bridgehead atoms. The van der Waals surface area contributed by atoms with E-state index in [1.807, 2.05) is 26.0 Å². The molecule has 0 aliphatic rings. The van der Waals surface area contributed by atoms with Crippen LogP contribution in [0.3, 0.4) is 0 Å². The van der Waals surface area contributed by atoms with E-state index in [-0.39, 0.29) is 29.1 Å². The summed E-state index contributed by atoms with van der Waals surface area (Å²) in [5, 5.41) is 17.5. The molecule has 0 unspecified atom stereocenters. The molecule has 0 aliphatic heterocycles. The Bertz CT molecular complexity index is 1220. The summed E-state index contributed by atoms with van der Waals surface area (Å²) in [6.45, 7) is 3.64. The van der Waals surface area contributed by atoms with Gasteiger partial charge in [0.2, 0.25) is 0 Å². The van der Waals surface area contributed by atoms with Crippen molar-refractivity contribution in [1.82, 2.24) is 5.43 Å². The van der Waals surface area contributed by atoms with Crippen molar-refractivity contribution in [3.8, 4) is 5.75 Å². The van der Waals surface area contributed by atoms with Crippen molar-refractivity contribution in [2.75, 3.05) is 11.9 Å². The van der Waals surface area contributed by atoms with E-state index in [2.05, 4.69) is 15.8 Å². The smallest absolute Gasteiger partial charge is 0.278 e. The number of para-hydroxylation sites is 2. The van der Waals surface area contributed by atoms with Gasteiger partial charge < -0.3 is 10.1 Å². The van der Waals surface area contributed by atoms with Crippen LogP contribution in [0, 0.1) is 24.0 Å². The SMILES string of the molecule is Cc1cccc(OCC(=O)Nc2ccccc2C(=O)NN=Cc2ccccc2[N+](=O)[O-])c1C. The Hall–Kier alpha value is -4.53. The van der Waals surface area contributed by atoms with Crippen molar-refractivity contribution in [1.29, 1.82) is 0 Å². The number of benzene rings is 3. The largest absolute Gasteiger partial charge is 0.483 e. The number of nitrogens with one attached hydrogen (secondary N) is 2.